The van der Waals surface area contributed by atoms with E-state index in [0.29, 0.717) is 0 Å². The molecule has 1 N–H and O–H groups in total. The normalized spacial score (nSPS) is 10.1. The fraction of sp³-hybridized carbons (Fsp3) is 0.857. The summed E-state index contributed by atoms with van der Waals surface area (Å²) in [7, 11) is 6.39. The Morgan fingerprint density at radius 2 is 1.91 bits per heavy atom. The van der Waals surface area contributed by atoms with Gasteiger partial charge in [-0.2, -0.15) is 6.41 Å². The molecule has 0 rings (SSSR count). The Morgan fingerprint density at radius 1 is 1.36 bits per heavy atom. The number of hydrogen-bond donors (Lipinski definition) is 1. The predicted molar refractivity (Wildman–Crippen MR) is 41.2 cm³/mol. The standard InChI is InChI=1S/C7H16N2O.Ru/c1-9(2,3)6-4-5-8-7-10;/h4-6H2,1-3H3,(H,8,10);/q;+1. The molecule has 4 heteroatoms. The van der Waals surface area contributed by atoms with E-state index in [0.717, 1.165) is 24.0 Å². The summed E-state index contributed by atoms with van der Waals surface area (Å²) in [5.74, 6) is 0. The smallest absolute Gasteiger partial charge is 0.530 e. The van der Waals surface area contributed by atoms with Gasteiger partial charge in [0.15, 0.2) is 0 Å². The van der Waals surface area contributed by atoms with Crippen LogP contribution < -0.4 is 5.32 Å². The molecule has 11 heavy (non-hydrogen) atoms. The topological polar surface area (TPSA) is 29.1 Å². The largest absolute Gasteiger partial charge is 1.00 e. The van der Waals surface area contributed by atoms with E-state index in [1.165, 1.54) is 0 Å². The van der Waals surface area contributed by atoms with Crippen LogP contribution in [0.3, 0.4) is 0 Å². The minimum Gasteiger partial charge on any atom is -0.530 e. The summed E-state index contributed by atoms with van der Waals surface area (Å²) in [4.78, 5) is 9.69. The molecule has 0 aliphatic carbocycles. The van der Waals surface area contributed by atoms with Gasteiger partial charge in [-0.25, -0.2) is 0 Å². The Morgan fingerprint density at radius 3 is 2.27 bits per heavy atom. The Labute approximate surface area is 81.5 Å². The van der Waals surface area contributed by atoms with Gasteiger partial charge >= 0.3 is 19.5 Å². The molecule has 0 aliphatic heterocycles. The summed E-state index contributed by atoms with van der Waals surface area (Å²) < 4.78 is 0.945. The van der Waals surface area contributed by atoms with E-state index < -0.39 is 0 Å². The van der Waals surface area contributed by atoms with Crippen molar-refractivity contribution in [1.29, 1.82) is 0 Å². The van der Waals surface area contributed by atoms with E-state index in [2.05, 4.69) is 26.5 Å². The third kappa shape index (κ3) is 13.1. The Hall–Kier alpha value is 0.0534. The van der Waals surface area contributed by atoms with Crippen molar-refractivity contribution in [1.82, 2.24) is 5.32 Å². The van der Waals surface area contributed by atoms with Gasteiger partial charge < -0.3 is 14.6 Å². The Bertz CT molecular complexity index is 101. The molecule has 67 valence electrons. The van der Waals surface area contributed by atoms with Crippen LogP contribution >= 0.6 is 0 Å². The third-order valence-electron chi connectivity index (χ3n) is 1.20. The molecular formula is C7H16N2ORu+. The number of amides is 1. The molecule has 0 bridgehead atoms. The van der Waals surface area contributed by atoms with Crippen molar-refractivity contribution in [2.24, 2.45) is 0 Å². The summed E-state index contributed by atoms with van der Waals surface area (Å²) in [6, 6.07) is 0. The van der Waals surface area contributed by atoms with Crippen molar-refractivity contribution in [3.05, 3.63) is 0 Å². The van der Waals surface area contributed by atoms with Gasteiger partial charge in [0.1, 0.15) is 0 Å². The molecule has 3 nitrogen and oxygen atoms in total. The maximum atomic E-state index is 9.69. The third-order valence-corrected chi connectivity index (χ3v) is 1.20. The fourth-order valence-corrected chi connectivity index (χ4v) is 0.693. The minimum absolute atomic E-state index is 0. The molecule has 0 aliphatic rings. The van der Waals surface area contributed by atoms with E-state index >= 15 is 0 Å². The predicted octanol–water partition coefficient (Wildman–Crippen LogP) is -0.263. The molecule has 0 saturated heterocycles. The number of nitrogens with zero attached hydrogens (tertiary/aromatic N) is 1. The van der Waals surface area contributed by atoms with Crippen molar-refractivity contribution in [2.75, 3.05) is 34.2 Å². The fourth-order valence-electron chi connectivity index (χ4n) is 0.693. The van der Waals surface area contributed by atoms with Crippen LogP contribution in [0.5, 0.6) is 0 Å². The zero-order chi connectivity index (χ0) is 8.04. The first-order valence-corrected chi connectivity index (χ1v) is 3.47. The molecule has 1 amide bonds. The molecular weight excluding hydrogens is 229 g/mol. The quantitative estimate of drug-likeness (QED) is 0.233. The van der Waals surface area contributed by atoms with Crippen LogP contribution in [0.1, 0.15) is 6.42 Å². The molecule has 0 spiro atoms. The second kappa shape index (κ2) is 6.74. The average molecular weight is 245 g/mol. The van der Waals surface area contributed by atoms with E-state index in [9.17, 15) is 4.79 Å². The number of quaternary nitrogens is 1. The first kappa shape index (κ1) is 13.6. The zero-order valence-electron chi connectivity index (χ0n) is 7.33. The number of carbonyl (C=O) groups excluding carboxylic acids is 1. The molecule has 0 heterocycles. The first-order valence-electron chi connectivity index (χ1n) is 3.47. The summed E-state index contributed by atoms with van der Waals surface area (Å²) in [5, 5.41) is 2.51. The molecule has 0 atom stereocenters. The van der Waals surface area contributed by atoms with Crippen LogP contribution in [0.15, 0.2) is 0 Å². The molecule has 0 aromatic rings. The van der Waals surface area contributed by atoms with Gasteiger partial charge in [-0.1, -0.05) is 0 Å². The minimum atomic E-state index is 0. The summed E-state index contributed by atoms with van der Waals surface area (Å²) >= 11 is 0. The average Bonchev–Trinajstić information content (AvgIpc) is 1.78. The maximum Gasteiger partial charge on any atom is 1.00 e. The van der Waals surface area contributed by atoms with Crippen molar-refractivity contribution < 1.29 is 28.8 Å². The van der Waals surface area contributed by atoms with Gasteiger partial charge in [0.25, 0.3) is 0 Å². The van der Waals surface area contributed by atoms with Crippen molar-refractivity contribution in [3.63, 3.8) is 0 Å². The molecule has 0 aromatic heterocycles. The Kier molecular flexibility index (Phi) is 8.36. The monoisotopic (exact) mass is 246 g/mol. The molecule has 0 aromatic carbocycles. The van der Waals surface area contributed by atoms with Crippen LogP contribution in [0.4, 0.5) is 0 Å². The van der Waals surface area contributed by atoms with Gasteiger partial charge in [-0.05, 0) is 6.54 Å². The second-order valence-corrected chi connectivity index (χ2v) is 3.40. The summed E-state index contributed by atoms with van der Waals surface area (Å²) in [5.41, 5.74) is 0. The number of nitrogens with one attached hydrogen (secondary N) is 1. The van der Waals surface area contributed by atoms with Crippen LogP contribution in [0, 0.1) is 0 Å². The zero-order valence-corrected chi connectivity index (χ0v) is 9.07. The van der Waals surface area contributed by atoms with Gasteiger partial charge in [-0.15, -0.1) is 0 Å². The van der Waals surface area contributed by atoms with Crippen LogP contribution in [-0.4, -0.2) is 45.1 Å². The number of hydrogen-bond acceptors (Lipinski definition) is 1. The molecule has 0 fully saturated rings. The van der Waals surface area contributed by atoms with E-state index in [1.807, 2.05) is 0 Å². The number of rotatable bonds is 5. The molecule has 0 saturated carbocycles. The maximum absolute atomic E-state index is 9.69. The first-order chi connectivity index (χ1) is 4.56. The van der Waals surface area contributed by atoms with Gasteiger partial charge in [0.2, 0.25) is 0 Å². The van der Waals surface area contributed by atoms with Crippen molar-refractivity contribution in [3.8, 4) is 0 Å². The van der Waals surface area contributed by atoms with E-state index in [1.54, 1.807) is 6.41 Å². The summed E-state index contributed by atoms with van der Waals surface area (Å²) in [6.07, 6.45) is 2.66. The van der Waals surface area contributed by atoms with Gasteiger partial charge in [0, 0.05) is 6.42 Å². The second-order valence-electron chi connectivity index (χ2n) is 3.40. The van der Waals surface area contributed by atoms with E-state index in [-0.39, 0.29) is 19.5 Å². The van der Waals surface area contributed by atoms with Crippen LogP contribution in [0.2, 0.25) is 0 Å². The molecule has 0 unspecified atom stereocenters. The molecule has 1 radical (unpaired) electrons. The van der Waals surface area contributed by atoms with Gasteiger partial charge in [0.05, 0.1) is 27.7 Å². The SMILES string of the molecule is C[N+](C)(C)CCCN[C-]=O.[Ru+]. The summed E-state index contributed by atoms with van der Waals surface area (Å²) in [6.45, 7) is 1.81. The van der Waals surface area contributed by atoms with Crippen molar-refractivity contribution >= 4 is 6.41 Å². The van der Waals surface area contributed by atoms with Crippen LogP contribution in [-0.2, 0) is 24.3 Å². The van der Waals surface area contributed by atoms with Crippen molar-refractivity contribution in [2.45, 2.75) is 6.42 Å². The van der Waals surface area contributed by atoms with E-state index in [4.69, 9.17) is 0 Å². The van der Waals surface area contributed by atoms with Crippen LogP contribution in [0.25, 0.3) is 0 Å². The Balaban J connectivity index is 0. The van der Waals surface area contributed by atoms with Gasteiger partial charge in [-0.3, -0.25) is 0 Å².